The smallest absolute Gasteiger partial charge is 0.297 e. The molecule has 0 amide bonds. The van der Waals surface area contributed by atoms with E-state index < -0.39 is 67.7 Å². The number of nitrogens with one attached hydrogen (secondary N) is 3. The number of carbonyl (C=O) groups is 1. The number of allylic oxidation sites excluding steroid dienone is 1. The first kappa shape index (κ1) is 36.4. The van der Waals surface area contributed by atoms with Gasteiger partial charge in [0.1, 0.15) is 9.80 Å². The first-order valence-corrected chi connectivity index (χ1v) is 19.4. The van der Waals surface area contributed by atoms with Crippen LogP contribution in [0.3, 0.4) is 0 Å². The molecule has 0 unspecified atom stereocenters. The summed E-state index contributed by atoms with van der Waals surface area (Å²) < 4.78 is 105. The highest BCUT2D eigenvalue weighted by Gasteiger charge is 2.36. The molecule has 0 aliphatic heterocycles. The molecule has 1 aliphatic rings. The molecule has 0 radical (unpaired) electrons. The number of hydrogen-bond acceptors (Lipinski definition) is 14. The highest BCUT2D eigenvalue weighted by atomic mass is 35.5. The molecule has 0 saturated carbocycles. The van der Waals surface area contributed by atoms with Crippen molar-refractivity contribution in [3.05, 3.63) is 99.7 Å². The Morgan fingerprint density at radius 2 is 1.40 bits per heavy atom. The number of rotatable bonds is 10. The van der Waals surface area contributed by atoms with Crippen molar-refractivity contribution in [3.8, 4) is 0 Å². The van der Waals surface area contributed by atoms with E-state index in [-0.39, 0.29) is 33.9 Å². The van der Waals surface area contributed by atoms with E-state index in [1.54, 1.807) is 24.3 Å². The zero-order chi connectivity index (χ0) is 37.6. The monoisotopic (exact) mass is 785 g/mol. The summed E-state index contributed by atoms with van der Waals surface area (Å²) in [6, 6.07) is 17.6. The van der Waals surface area contributed by atoms with Gasteiger partial charge in [-0.15, -0.1) is 0 Å². The number of benzene rings is 4. The molecule has 1 aromatic heterocycles. The zero-order valence-corrected chi connectivity index (χ0v) is 29.5. The van der Waals surface area contributed by atoms with Crippen molar-refractivity contribution in [2.24, 2.45) is 5.10 Å². The van der Waals surface area contributed by atoms with Gasteiger partial charge in [-0.25, -0.2) is 0 Å². The topological polar surface area (TPSA) is 267 Å². The Morgan fingerprint density at radius 1 is 0.750 bits per heavy atom. The van der Waals surface area contributed by atoms with Gasteiger partial charge in [-0.05, 0) is 64.9 Å². The number of fused-ring (bicyclic) bond motifs is 2. The van der Waals surface area contributed by atoms with E-state index in [1.165, 1.54) is 24.3 Å². The molecule has 6 rings (SSSR count). The predicted octanol–water partition coefficient (Wildman–Crippen LogP) is 5.11. The molecular weight excluding hydrogens is 762 g/mol. The van der Waals surface area contributed by atoms with Gasteiger partial charge in [-0.2, -0.15) is 45.3 Å². The highest BCUT2D eigenvalue weighted by molar-refractivity contribution is 7.91. The number of para-hydroxylation sites is 1. The minimum absolute atomic E-state index is 0.0560. The number of carbonyl (C=O) groups excluding carboxylic acids is 1. The molecule has 0 saturated heterocycles. The number of Topliss-reactive ketones (excluding diaryl/α,β-unsaturated/α-hetero) is 1. The summed E-state index contributed by atoms with van der Waals surface area (Å²) in [6.07, 6.45) is 1.37. The Bertz CT molecular complexity index is 2720. The SMILES string of the molecule is CCc1ccccc1Nc1nc(Cl)nc(Nc2cc(S(=O)(=O)O)cc3c2C(=O)/C(=N\Nc2ccc4ccccc4c2S(=O)(=O)O)C(S(=O)(=O)O)=C3)n1. The van der Waals surface area contributed by atoms with Crippen LogP contribution in [-0.4, -0.2) is 65.4 Å². The van der Waals surface area contributed by atoms with E-state index >= 15 is 0 Å². The minimum atomic E-state index is -5.28. The van der Waals surface area contributed by atoms with Gasteiger partial charge in [0.15, 0.2) is 5.71 Å². The Morgan fingerprint density at radius 3 is 2.06 bits per heavy atom. The lowest BCUT2D eigenvalue weighted by atomic mass is 9.93. The van der Waals surface area contributed by atoms with Crippen LogP contribution in [0.15, 0.2) is 92.6 Å². The summed E-state index contributed by atoms with van der Waals surface area (Å²) in [6.45, 7) is 1.93. The average molecular weight is 786 g/mol. The van der Waals surface area contributed by atoms with Gasteiger partial charge in [0.05, 0.1) is 21.8 Å². The Hall–Kier alpha value is -5.35. The molecule has 0 spiro atoms. The number of anilines is 5. The second kappa shape index (κ2) is 13.7. The second-order valence-electron chi connectivity index (χ2n) is 10.9. The van der Waals surface area contributed by atoms with Gasteiger partial charge in [0.25, 0.3) is 30.4 Å². The van der Waals surface area contributed by atoms with Crippen LogP contribution in [0, 0.1) is 0 Å². The predicted molar refractivity (Wildman–Crippen MR) is 192 cm³/mol. The van der Waals surface area contributed by atoms with E-state index in [0.717, 1.165) is 17.7 Å². The van der Waals surface area contributed by atoms with Crippen LogP contribution >= 0.6 is 11.6 Å². The van der Waals surface area contributed by atoms with Gasteiger partial charge >= 0.3 is 0 Å². The molecule has 21 heteroatoms. The molecule has 1 aliphatic carbocycles. The highest BCUT2D eigenvalue weighted by Crippen LogP contribution is 2.36. The largest absolute Gasteiger partial charge is 0.324 e. The van der Waals surface area contributed by atoms with Gasteiger partial charge in [0, 0.05) is 11.1 Å². The summed E-state index contributed by atoms with van der Waals surface area (Å²) in [5.41, 5.74) is 1.26. The van der Waals surface area contributed by atoms with Crippen molar-refractivity contribution in [2.75, 3.05) is 16.1 Å². The lowest BCUT2D eigenvalue weighted by molar-refractivity contribution is 0.106. The van der Waals surface area contributed by atoms with Crippen LogP contribution in [-0.2, 0) is 36.8 Å². The van der Waals surface area contributed by atoms with Crippen LogP contribution in [0.5, 0.6) is 0 Å². The van der Waals surface area contributed by atoms with Crippen molar-refractivity contribution < 1.29 is 43.7 Å². The van der Waals surface area contributed by atoms with Crippen LogP contribution in [0.4, 0.5) is 29.0 Å². The third kappa shape index (κ3) is 7.48. The number of hydrogen-bond donors (Lipinski definition) is 6. The van der Waals surface area contributed by atoms with Crippen molar-refractivity contribution in [3.63, 3.8) is 0 Å². The van der Waals surface area contributed by atoms with Crippen molar-refractivity contribution >= 4 is 99.3 Å². The second-order valence-corrected chi connectivity index (χ2v) is 15.5. The van der Waals surface area contributed by atoms with E-state index in [1.807, 2.05) is 19.1 Å². The fourth-order valence-electron chi connectivity index (χ4n) is 5.37. The number of aryl methyl sites for hydroxylation is 1. The standard InChI is InChI=1S/C31H24ClN7O10S3/c1-2-16-7-4-6-10-21(16)33-30-35-29(32)36-31(37-30)34-23-15-19(50(41,42)43)13-18-14-24(51(44,45)46)26(27(40)25(18)23)39-38-22-12-11-17-8-3-5-9-20(17)28(22)52(47,48)49/h3-15,38H,2H2,1H3,(H,41,42,43)(H,44,45,46)(H,47,48,49)(H2,33,34,35,36,37)/b39-26-. The Kier molecular flexibility index (Phi) is 9.57. The minimum Gasteiger partial charge on any atom is -0.324 e. The van der Waals surface area contributed by atoms with Crippen LogP contribution < -0.4 is 16.1 Å². The van der Waals surface area contributed by atoms with E-state index in [2.05, 4.69) is 36.1 Å². The summed E-state index contributed by atoms with van der Waals surface area (Å²) >= 11 is 6.17. The third-order valence-electron chi connectivity index (χ3n) is 7.61. The lowest BCUT2D eigenvalue weighted by Gasteiger charge is -2.21. The maximum absolute atomic E-state index is 14.1. The van der Waals surface area contributed by atoms with E-state index in [0.29, 0.717) is 23.6 Å². The number of ketones is 1. The summed E-state index contributed by atoms with van der Waals surface area (Å²) in [5.74, 6) is -1.61. The molecule has 0 fully saturated rings. The zero-order valence-electron chi connectivity index (χ0n) is 26.3. The molecule has 0 atom stereocenters. The first-order valence-electron chi connectivity index (χ1n) is 14.7. The van der Waals surface area contributed by atoms with Gasteiger partial charge in [-0.3, -0.25) is 23.9 Å². The molecule has 1 heterocycles. The van der Waals surface area contributed by atoms with Crippen molar-refractivity contribution in [2.45, 2.75) is 23.1 Å². The fourth-order valence-corrected chi connectivity index (χ4v) is 7.59. The maximum atomic E-state index is 14.1. The van der Waals surface area contributed by atoms with Gasteiger partial charge in [0.2, 0.25) is 23.0 Å². The van der Waals surface area contributed by atoms with Crippen molar-refractivity contribution in [1.82, 2.24) is 15.0 Å². The van der Waals surface area contributed by atoms with Crippen LogP contribution in [0.25, 0.3) is 16.8 Å². The summed E-state index contributed by atoms with van der Waals surface area (Å²) in [5, 5.41) is 9.64. The average Bonchev–Trinajstić information content (AvgIpc) is 3.06. The molecule has 268 valence electrons. The third-order valence-corrected chi connectivity index (χ3v) is 10.4. The number of halogens is 1. The molecule has 52 heavy (non-hydrogen) atoms. The van der Waals surface area contributed by atoms with E-state index in [4.69, 9.17) is 11.6 Å². The molecule has 17 nitrogen and oxygen atoms in total. The first-order chi connectivity index (χ1) is 24.4. The maximum Gasteiger partial charge on any atom is 0.297 e. The molecule has 5 aromatic rings. The van der Waals surface area contributed by atoms with E-state index in [9.17, 15) is 43.7 Å². The van der Waals surface area contributed by atoms with Crippen molar-refractivity contribution in [1.29, 1.82) is 0 Å². The van der Waals surface area contributed by atoms with Gasteiger partial charge in [-0.1, -0.05) is 55.5 Å². The lowest BCUT2D eigenvalue weighted by Crippen LogP contribution is -2.28. The summed E-state index contributed by atoms with van der Waals surface area (Å²) in [7, 11) is -15.2. The molecule has 6 N–H and O–H groups in total. The Balaban J connectivity index is 1.49. The van der Waals surface area contributed by atoms with Crippen LogP contribution in [0.1, 0.15) is 28.4 Å². The van der Waals surface area contributed by atoms with Crippen LogP contribution in [0.2, 0.25) is 5.28 Å². The summed E-state index contributed by atoms with van der Waals surface area (Å²) in [4.78, 5) is 23.8. The number of nitrogens with zero attached hydrogens (tertiary/aromatic N) is 4. The normalized spacial score (nSPS) is 14.2. The fraction of sp³-hybridized carbons (Fsp3) is 0.0645. The number of hydrazone groups is 1. The van der Waals surface area contributed by atoms with Gasteiger partial charge < -0.3 is 10.6 Å². The number of aromatic nitrogens is 3. The molecular formula is C31H24ClN7O10S3. The Labute approximate surface area is 300 Å². The quantitative estimate of drug-likeness (QED) is 0.0793. The molecule has 0 bridgehead atoms. The molecule has 4 aromatic carbocycles.